The molecule has 0 fully saturated rings. The molecule has 2 nitrogen and oxygen atoms in total. The second-order valence-electron chi connectivity index (χ2n) is 0.997. The molecule has 0 atom stereocenters. The third-order valence-corrected chi connectivity index (χ3v) is 3.30. The van der Waals surface area contributed by atoms with Gasteiger partial charge in [0.25, 0.3) is 0 Å². The van der Waals surface area contributed by atoms with Gasteiger partial charge in [-0.2, -0.15) is 4.37 Å². The standard InChI is InChI=1S/C2Cl2N2S3/c3-7-1-5-2(8-4)9-6-1. The normalized spacial score (nSPS) is 10.0. The minimum atomic E-state index is 0.560. The van der Waals surface area contributed by atoms with E-state index in [1.54, 1.807) is 0 Å². The van der Waals surface area contributed by atoms with Crippen LogP contribution in [0.1, 0.15) is 0 Å². The summed E-state index contributed by atoms with van der Waals surface area (Å²) in [5.41, 5.74) is 0. The fourth-order valence-electron chi connectivity index (χ4n) is 0.260. The van der Waals surface area contributed by atoms with E-state index in [4.69, 9.17) is 21.4 Å². The summed E-state index contributed by atoms with van der Waals surface area (Å²) in [6.45, 7) is 0. The van der Waals surface area contributed by atoms with Crippen LogP contribution in [0.25, 0.3) is 0 Å². The summed E-state index contributed by atoms with van der Waals surface area (Å²) in [6, 6.07) is 0. The van der Waals surface area contributed by atoms with Gasteiger partial charge in [0.1, 0.15) is 0 Å². The molecule has 0 bridgehead atoms. The molecule has 0 amide bonds. The van der Waals surface area contributed by atoms with Gasteiger partial charge >= 0.3 is 0 Å². The molecule has 1 aromatic heterocycles. The first-order valence-corrected chi connectivity index (χ1v) is 5.83. The maximum atomic E-state index is 5.37. The monoisotopic (exact) mass is 218 g/mol. The highest BCUT2D eigenvalue weighted by Gasteiger charge is 2.01. The SMILES string of the molecule is ClSc1nsc(SCl)n1. The van der Waals surface area contributed by atoms with Crippen LogP contribution in [0, 0.1) is 0 Å². The van der Waals surface area contributed by atoms with Crippen LogP contribution in [0.5, 0.6) is 0 Å². The highest BCUT2D eigenvalue weighted by Crippen LogP contribution is 2.27. The number of hydrogen-bond acceptors (Lipinski definition) is 5. The summed E-state index contributed by atoms with van der Waals surface area (Å²) in [5.74, 6) is 0. The number of rotatable bonds is 2. The molecule has 0 spiro atoms. The van der Waals surface area contributed by atoms with Gasteiger partial charge in [0, 0.05) is 22.0 Å². The Labute approximate surface area is 73.5 Å². The molecule has 1 heterocycles. The van der Waals surface area contributed by atoms with Gasteiger partial charge in [-0.3, -0.25) is 0 Å². The molecule has 0 radical (unpaired) electrons. The van der Waals surface area contributed by atoms with Crippen LogP contribution >= 0.6 is 54.8 Å². The van der Waals surface area contributed by atoms with Gasteiger partial charge < -0.3 is 0 Å². The largest absolute Gasteiger partial charge is 0.216 e. The lowest BCUT2D eigenvalue weighted by molar-refractivity contribution is 1.03. The van der Waals surface area contributed by atoms with Crippen molar-refractivity contribution >= 4 is 54.8 Å². The van der Waals surface area contributed by atoms with Crippen molar-refractivity contribution in [2.75, 3.05) is 0 Å². The molecular weight excluding hydrogens is 219 g/mol. The van der Waals surface area contributed by atoms with E-state index >= 15 is 0 Å². The third kappa shape index (κ3) is 2.16. The van der Waals surface area contributed by atoms with E-state index in [9.17, 15) is 0 Å². The summed E-state index contributed by atoms with van der Waals surface area (Å²) in [5, 5.41) is 0.560. The first kappa shape index (κ1) is 7.94. The van der Waals surface area contributed by atoms with Crippen LogP contribution in [-0.2, 0) is 0 Å². The molecule has 0 unspecified atom stereocenters. The van der Waals surface area contributed by atoms with E-state index < -0.39 is 0 Å². The lowest BCUT2D eigenvalue weighted by Crippen LogP contribution is -1.65. The zero-order valence-electron chi connectivity index (χ0n) is 3.88. The zero-order valence-corrected chi connectivity index (χ0v) is 7.84. The van der Waals surface area contributed by atoms with Crippen molar-refractivity contribution in [1.29, 1.82) is 0 Å². The van der Waals surface area contributed by atoms with Gasteiger partial charge in [-0.1, -0.05) is 0 Å². The van der Waals surface area contributed by atoms with Gasteiger partial charge in [-0.25, -0.2) is 4.98 Å². The Balaban J connectivity index is 2.74. The average Bonchev–Trinajstić information content (AvgIpc) is 2.34. The van der Waals surface area contributed by atoms with Crippen molar-refractivity contribution in [1.82, 2.24) is 9.36 Å². The smallest absolute Gasteiger partial charge is 0.200 e. The van der Waals surface area contributed by atoms with Crippen LogP contribution in [0.4, 0.5) is 0 Å². The molecule has 7 heteroatoms. The van der Waals surface area contributed by atoms with Gasteiger partial charge in [-0.15, -0.1) is 0 Å². The Morgan fingerprint density at radius 2 is 2.11 bits per heavy atom. The third-order valence-electron chi connectivity index (χ3n) is 0.524. The Hall–Kier alpha value is 0.840. The molecular formula is C2Cl2N2S3. The molecule has 0 aliphatic heterocycles. The van der Waals surface area contributed by atoms with Crippen molar-refractivity contribution in [3.63, 3.8) is 0 Å². The number of aromatic nitrogens is 2. The Morgan fingerprint density at radius 3 is 2.44 bits per heavy atom. The first-order valence-electron chi connectivity index (χ1n) is 1.77. The molecule has 1 rings (SSSR count). The van der Waals surface area contributed by atoms with Crippen molar-refractivity contribution in [2.45, 2.75) is 9.50 Å². The summed E-state index contributed by atoms with van der Waals surface area (Å²) >= 11 is 1.24. The summed E-state index contributed by atoms with van der Waals surface area (Å²) in [7, 11) is 12.8. The molecule has 0 aliphatic carbocycles. The lowest BCUT2D eigenvalue weighted by atomic mass is 11.3. The lowest BCUT2D eigenvalue weighted by Gasteiger charge is -1.76. The number of halogens is 2. The summed E-state index contributed by atoms with van der Waals surface area (Å²) in [4.78, 5) is 3.92. The van der Waals surface area contributed by atoms with Crippen LogP contribution in [0.3, 0.4) is 0 Å². The highest BCUT2D eigenvalue weighted by atomic mass is 35.7. The van der Waals surface area contributed by atoms with Crippen molar-refractivity contribution < 1.29 is 0 Å². The number of hydrogen-bond donors (Lipinski definition) is 0. The molecule has 0 aliphatic rings. The van der Waals surface area contributed by atoms with E-state index in [0.29, 0.717) is 5.16 Å². The zero-order chi connectivity index (χ0) is 6.69. The van der Waals surface area contributed by atoms with Crippen LogP contribution in [-0.4, -0.2) is 9.36 Å². The molecule has 0 N–H and O–H groups in total. The molecule has 0 aromatic carbocycles. The molecule has 0 saturated heterocycles. The van der Waals surface area contributed by atoms with Crippen LogP contribution < -0.4 is 0 Å². The predicted molar refractivity (Wildman–Crippen MR) is 43.3 cm³/mol. The van der Waals surface area contributed by atoms with Crippen LogP contribution in [0.15, 0.2) is 9.50 Å². The Morgan fingerprint density at radius 1 is 1.33 bits per heavy atom. The van der Waals surface area contributed by atoms with Crippen LogP contribution in [0.2, 0.25) is 0 Å². The maximum absolute atomic E-state index is 5.37. The van der Waals surface area contributed by atoms with E-state index in [2.05, 4.69) is 9.36 Å². The average molecular weight is 219 g/mol. The highest BCUT2D eigenvalue weighted by molar-refractivity contribution is 8.22. The quantitative estimate of drug-likeness (QED) is 0.763. The van der Waals surface area contributed by atoms with E-state index in [1.807, 2.05) is 0 Å². The molecule has 1 aromatic rings. The minimum Gasteiger partial charge on any atom is -0.200 e. The van der Waals surface area contributed by atoms with E-state index in [0.717, 1.165) is 26.3 Å². The number of nitrogens with zero attached hydrogens (tertiary/aromatic N) is 2. The Bertz CT molecular complexity index is 171. The summed E-state index contributed by atoms with van der Waals surface area (Å²) in [6.07, 6.45) is 0. The second-order valence-corrected chi connectivity index (χ2v) is 3.99. The van der Waals surface area contributed by atoms with Gasteiger partial charge in [-0.05, 0) is 32.9 Å². The fourth-order valence-corrected chi connectivity index (χ4v) is 2.11. The van der Waals surface area contributed by atoms with E-state index in [-0.39, 0.29) is 0 Å². The second kappa shape index (κ2) is 3.88. The topological polar surface area (TPSA) is 25.8 Å². The van der Waals surface area contributed by atoms with Gasteiger partial charge in [0.05, 0.1) is 0 Å². The molecule has 50 valence electrons. The van der Waals surface area contributed by atoms with Crippen molar-refractivity contribution in [2.24, 2.45) is 0 Å². The minimum absolute atomic E-state index is 0.560. The van der Waals surface area contributed by atoms with Gasteiger partial charge in [0.15, 0.2) is 4.34 Å². The molecule has 9 heavy (non-hydrogen) atoms. The van der Waals surface area contributed by atoms with E-state index in [1.165, 1.54) is 11.5 Å². The predicted octanol–water partition coefficient (Wildman–Crippen LogP) is 3.03. The van der Waals surface area contributed by atoms with Gasteiger partial charge in [0.2, 0.25) is 5.16 Å². The first-order chi connectivity index (χ1) is 4.36. The maximum Gasteiger partial charge on any atom is 0.216 e. The summed E-state index contributed by atoms with van der Waals surface area (Å²) < 4.78 is 4.58. The fraction of sp³-hybridized carbons (Fsp3) is 0. The van der Waals surface area contributed by atoms with Crippen molar-refractivity contribution in [3.05, 3.63) is 0 Å². The van der Waals surface area contributed by atoms with Crippen molar-refractivity contribution in [3.8, 4) is 0 Å². The molecule has 0 saturated carbocycles. The Kier molecular flexibility index (Phi) is 3.42.